The van der Waals surface area contributed by atoms with E-state index in [9.17, 15) is 8.42 Å². The molecule has 2 N–H and O–H groups in total. The number of hydrogen-bond acceptors (Lipinski definition) is 4. The van der Waals surface area contributed by atoms with Crippen LogP contribution in [0, 0.1) is 5.41 Å². The predicted octanol–water partition coefficient (Wildman–Crippen LogP) is 1.84. The van der Waals surface area contributed by atoms with Crippen LogP contribution in [0.25, 0.3) is 0 Å². The van der Waals surface area contributed by atoms with Gasteiger partial charge in [0.15, 0.2) is 5.96 Å². The summed E-state index contributed by atoms with van der Waals surface area (Å²) in [6, 6.07) is 3.14. The fourth-order valence-electron chi connectivity index (χ4n) is 3.59. The van der Waals surface area contributed by atoms with Crippen molar-refractivity contribution in [2.24, 2.45) is 10.4 Å². The van der Waals surface area contributed by atoms with Gasteiger partial charge in [-0.05, 0) is 36.8 Å². The normalized spacial score (nSPS) is 21.7. The molecule has 1 saturated heterocycles. The van der Waals surface area contributed by atoms with E-state index in [4.69, 9.17) is 0 Å². The summed E-state index contributed by atoms with van der Waals surface area (Å²) in [5.41, 5.74) is 0.326. The Kier molecular flexibility index (Phi) is 7.40. The van der Waals surface area contributed by atoms with Gasteiger partial charge in [0.2, 0.25) is 10.0 Å². The van der Waals surface area contributed by atoms with Crippen LogP contribution >= 0.6 is 0 Å². The Morgan fingerprint density at radius 2 is 2.23 bits per heavy atom. The van der Waals surface area contributed by atoms with Crippen LogP contribution in [-0.2, 0) is 10.0 Å². The first-order valence-corrected chi connectivity index (χ1v) is 10.7. The average Bonchev–Trinajstić information content (AvgIpc) is 2.62. The third-order valence-corrected chi connectivity index (χ3v) is 6.24. The maximum atomic E-state index is 12.2. The lowest BCUT2D eigenvalue weighted by Gasteiger charge is -2.42. The second-order valence-corrected chi connectivity index (χ2v) is 8.91. The van der Waals surface area contributed by atoms with Crippen LogP contribution in [0.1, 0.15) is 39.5 Å². The largest absolute Gasteiger partial charge is 0.355 e. The average molecular weight is 382 g/mol. The molecular formula is C18H31N5O2S. The van der Waals surface area contributed by atoms with E-state index in [0.717, 1.165) is 25.5 Å². The Morgan fingerprint density at radius 1 is 1.42 bits per heavy atom. The molecule has 0 spiro atoms. The Hall–Kier alpha value is -1.67. The summed E-state index contributed by atoms with van der Waals surface area (Å²) in [6.45, 7) is 7.31. The zero-order valence-electron chi connectivity index (χ0n) is 16.0. The van der Waals surface area contributed by atoms with E-state index in [1.807, 2.05) is 0 Å². The lowest BCUT2D eigenvalue weighted by atomic mass is 9.78. The second-order valence-electron chi connectivity index (χ2n) is 7.15. The number of pyridine rings is 1. The number of hydrogen-bond donors (Lipinski definition) is 2. The third kappa shape index (κ3) is 5.67. The molecule has 2 rings (SSSR count). The molecule has 26 heavy (non-hydrogen) atoms. The molecular weight excluding hydrogens is 350 g/mol. The molecule has 1 aliphatic heterocycles. The minimum atomic E-state index is -3.52. The molecule has 1 aromatic rings. The Morgan fingerprint density at radius 3 is 2.88 bits per heavy atom. The van der Waals surface area contributed by atoms with E-state index in [0.29, 0.717) is 12.0 Å². The zero-order chi connectivity index (χ0) is 19.0. The van der Waals surface area contributed by atoms with Gasteiger partial charge in [0.1, 0.15) is 4.90 Å². The highest BCUT2D eigenvalue weighted by Crippen LogP contribution is 2.33. The summed E-state index contributed by atoms with van der Waals surface area (Å²) in [7, 11) is -1.75. The lowest BCUT2D eigenvalue weighted by molar-refractivity contribution is 0.143. The van der Waals surface area contributed by atoms with E-state index in [2.05, 4.69) is 38.8 Å². The van der Waals surface area contributed by atoms with Crippen LogP contribution in [0.4, 0.5) is 0 Å². The van der Waals surface area contributed by atoms with Gasteiger partial charge < -0.3 is 10.2 Å². The van der Waals surface area contributed by atoms with Crippen molar-refractivity contribution in [3.8, 4) is 0 Å². The summed E-state index contributed by atoms with van der Waals surface area (Å²) in [5, 5.41) is 3.28. The van der Waals surface area contributed by atoms with Crippen LogP contribution in [0.3, 0.4) is 0 Å². The van der Waals surface area contributed by atoms with Gasteiger partial charge in [0, 0.05) is 45.6 Å². The Balaban J connectivity index is 1.84. The molecule has 146 valence electrons. The molecule has 8 heteroatoms. The van der Waals surface area contributed by atoms with Gasteiger partial charge in [0.25, 0.3) is 0 Å². The molecule has 1 aromatic heterocycles. The van der Waals surface area contributed by atoms with Crippen molar-refractivity contribution in [2.45, 2.75) is 44.4 Å². The maximum absolute atomic E-state index is 12.2. The smallest absolute Gasteiger partial charge is 0.242 e. The van der Waals surface area contributed by atoms with Gasteiger partial charge in [-0.1, -0.05) is 20.3 Å². The van der Waals surface area contributed by atoms with Crippen molar-refractivity contribution in [3.63, 3.8) is 0 Å². The first-order valence-electron chi connectivity index (χ1n) is 9.25. The van der Waals surface area contributed by atoms with E-state index < -0.39 is 10.0 Å². The fraction of sp³-hybridized carbons (Fsp3) is 0.667. The van der Waals surface area contributed by atoms with Crippen LogP contribution in [0.2, 0.25) is 0 Å². The first-order chi connectivity index (χ1) is 12.4. The van der Waals surface area contributed by atoms with E-state index in [1.165, 1.54) is 31.5 Å². The maximum Gasteiger partial charge on any atom is 0.242 e. The standard InChI is InChI=1S/C18H31N5O2S/c1-4-8-18(2)9-6-13-23(15-18)17(19-3)21-11-12-22-26(24,25)16-7-5-10-20-14-16/h5,7,10,14,22H,4,6,8-9,11-13,15H2,1-3H3,(H,19,21). The van der Waals surface area contributed by atoms with Crippen molar-refractivity contribution in [1.82, 2.24) is 19.9 Å². The van der Waals surface area contributed by atoms with E-state index in [-0.39, 0.29) is 11.4 Å². The Bertz CT molecular complexity index is 689. The zero-order valence-corrected chi connectivity index (χ0v) is 16.8. The van der Waals surface area contributed by atoms with Crippen LogP contribution < -0.4 is 10.0 Å². The summed E-state index contributed by atoms with van der Waals surface area (Å²) >= 11 is 0. The second kappa shape index (κ2) is 9.32. The molecule has 0 aromatic carbocycles. The molecule has 1 fully saturated rings. The molecule has 2 heterocycles. The van der Waals surface area contributed by atoms with E-state index in [1.54, 1.807) is 19.3 Å². The Labute approximate surface area is 157 Å². The number of aliphatic imine (C=N–C) groups is 1. The number of likely N-dealkylation sites (tertiary alicyclic amines) is 1. The monoisotopic (exact) mass is 381 g/mol. The number of aromatic nitrogens is 1. The minimum Gasteiger partial charge on any atom is -0.355 e. The number of sulfonamides is 1. The number of nitrogens with one attached hydrogen (secondary N) is 2. The summed E-state index contributed by atoms with van der Waals surface area (Å²) in [5.74, 6) is 0.840. The molecule has 0 bridgehead atoms. The molecule has 0 aliphatic carbocycles. The van der Waals surface area contributed by atoms with Gasteiger partial charge in [0.05, 0.1) is 0 Å². The molecule has 1 atom stereocenters. The lowest BCUT2D eigenvalue weighted by Crippen LogP contribution is -2.50. The van der Waals surface area contributed by atoms with Crippen molar-refractivity contribution < 1.29 is 8.42 Å². The predicted molar refractivity (Wildman–Crippen MR) is 105 cm³/mol. The van der Waals surface area contributed by atoms with Crippen molar-refractivity contribution in [1.29, 1.82) is 0 Å². The quantitative estimate of drug-likeness (QED) is 0.427. The van der Waals surface area contributed by atoms with Gasteiger partial charge >= 0.3 is 0 Å². The summed E-state index contributed by atoms with van der Waals surface area (Å²) < 4.78 is 27.0. The van der Waals surface area contributed by atoms with Crippen LogP contribution in [0.15, 0.2) is 34.4 Å². The van der Waals surface area contributed by atoms with Crippen molar-refractivity contribution in [2.75, 3.05) is 33.2 Å². The molecule has 1 unspecified atom stereocenters. The van der Waals surface area contributed by atoms with Crippen LogP contribution in [0.5, 0.6) is 0 Å². The molecule has 0 radical (unpaired) electrons. The fourth-order valence-corrected chi connectivity index (χ4v) is 4.58. The van der Waals surface area contributed by atoms with Gasteiger partial charge in [-0.2, -0.15) is 0 Å². The number of nitrogens with zero attached hydrogens (tertiary/aromatic N) is 3. The first kappa shape index (κ1) is 20.6. The highest BCUT2D eigenvalue weighted by atomic mass is 32.2. The summed E-state index contributed by atoms with van der Waals surface area (Å²) in [6.07, 6.45) is 7.70. The highest BCUT2D eigenvalue weighted by molar-refractivity contribution is 7.89. The molecule has 1 aliphatic rings. The SMILES string of the molecule is CCCC1(C)CCCN(C(=NC)NCCNS(=O)(=O)c2cccnc2)C1. The molecule has 7 nitrogen and oxygen atoms in total. The van der Waals surface area contributed by atoms with Gasteiger partial charge in [-0.3, -0.25) is 9.98 Å². The topological polar surface area (TPSA) is 86.7 Å². The van der Waals surface area contributed by atoms with Gasteiger partial charge in [-0.15, -0.1) is 0 Å². The summed E-state index contributed by atoms with van der Waals surface area (Å²) in [4.78, 5) is 10.7. The van der Waals surface area contributed by atoms with Crippen molar-refractivity contribution in [3.05, 3.63) is 24.5 Å². The van der Waals surface area contributed by atoms with E-state index >= 15 is 0 Å². The molecule has 0 amide bonds. The number of guanidine groups is 1. The van der Waals surface area contributed by atoms with Gasteiger partial charge in [-0.25, -0.2) is 13.1 Å². The minimum absolute atomic E-state index is 0.177. The third-order valence-electron chi connectivity index (χ3n) is 4.79. The van der Waals surface area contributed by atoms with Crippen LogP contribution in [-0.4, -0.2) is 57.5 Å². The number of rotatable bonds is 7. The van der Waals surface area contributed by atoms with Crippen molar-refractivity contribution >= 4 is 16.0 Å². The highest BCUT2D eigenvalue weighted by Gasteiger charge is 2.31. The molecule has 0 saturated carbocycles. The number of piperidine rings is 1.